The van der Waals surface area contributed by atoms with E-state index >= 15 is 0 Å². The van der Waals surface area contributed by atoms with Crippen molar-refractivity contribution >= 4 is 108 Å². The number of hydrogen-bond acceptors (Lipinski definition) is 1. The van der Waals surface area contributed by atoms with Crippen LogP contribution in [-0.4, -0.2) is 114 Å². The second-order valence-electron chi connectivity index (χ2n) is 0.513. The van der Waals surface area contributed by atoms with Crippen molar-refractivity contribution in [1.82, 2.24) is 0 Å². The zero-order valence-corrected chi connectivity index (χ0v) is 4.55. The first-order valence-electron chi connectivity index (χ1n) is 0.783. The Hall–Kier alpha value is 3.86. The third-order valence-corrected chi connectivity index (χ3v) is 0. The van der Waals surface area contributed by atoms with Crippen molar-refractivity contribution in [3.63, 3.8) is 0 Å². The Kier molecular flexibility index (Phi) is 46.8. The maximum absolute atomic E-state index is 8.88. The fourth-order valence-corrected chi connectivity index (χ4v) is 0. The van der Waals surface area contributed by atoms with Crippen LogP contribution in [0.1, 0.15) is 0 Å². The molecule has 0 heterocycles. The molecule has 0 atom stereocenters. The third kappa shape index (κ3) is 77.3. The van der Waals surface area contributed by atoms with Crippen LogP contribution in [0.15, 0.2) is 0 Å². The van der Waals surface area contributed by atoms with E-state index < -0.39 is 7.82 Å². The van der Waals surface area contributed by atoms with Gasteiger partial charge in [-0.15, -0.1) is 0 Å². The van der Waals surface area contributed by atoms with Crippen molar-refractivity contribution in [2.24, 2.45) is 0 Å². The summed E-state index contributed by atoms with van der Waals surface area (Å²) in [5.41, 5.74) is 0. The molecule has 0 amide bonds. The molecule has 0 bridgehead atoms. The molecular formula is H6FeKLiNaO4P. The van der Waals surface area contributed by atoms with Crippen molar-refractivity contribution in [2.45, 2.75) is 0 Å². The zero-order chi connectivity index (χ0) is 4.50. The molecule has 3 N–H and O–H groups in total. The van der Waals surface area contributed by atoms with E-state index in [9.17, 15) is 0 Å². The van der Waals surface area contributed by atoms with Gasteiger partial charge in [-0.1, -0.05) is 0 Å². The molecule has 46 valence electrons. The van der Waals surface area contributed by atoms with Gasteiger partial charge >= 0.3 is 108 Å². The molecule has 0 fully saturated rings. The van der Waals surface area contributed by atoms with Crippen molar-refractivity contribution in [2.75, 3.05) is 0 Å². The van der Waals surface area contributed by atoms with Crippen LogP contribution in [0.25, 0.3) is 0 Å². The third-order valence-electron chi connectivity index (χ3n) is 0. The van der Waals surface area contributed by atoms with Crippen LogP contribution in [0.5, 0.6) is 0 Å². The van der Waals surface area contributed by atoms with Crippen LogP contribution >= 0.6 is 7.82 Å². The summed E-state index contributed by atoms with van der Waals surface area (Å²) < 4.78 is 8.88. The minimum atomic E-state index is -4.64. The average molecular weight is 226 g/mol. The Morgan fingerprint density at radius 3 is 1.11 bits per heavy atom. The van der Waals surface area contributed by atoms with Crippen LogP contribution in [0.4, 0.5) is 0 Å². The fraction of sp³-hybridized carbons (Fsp3) is 0. The van der Waals surface area contributed by atoms with Crippen molar-refractivity contribution in [3.8, 4) is 0 Å². The van der Waals surface area contributed by atoms with Crippen LogP contribution in [0.2, 0.25) is 0 Å². The molecule has 0 radical (unpaired) electrons. The molecule has 0 saturated heterocycles. The minimum absolute atomic E-state index is 0. The van der Waals surface area contributed by atoms with Crippen LogP contribution in [0, 0.1) is 0 Å². The van der Waals surface area contributed by atoms with Gasteiger partial charge in [0.05, 0.1) is 0 Å². The molecule has 0 spiro atoms. The first-order chi connectivity index (χ1) is 2.00. The van der Waals surface area contributed by atoms with Gasteiger partial charge in [-0.05, 0) is 0 Å². The average Bonchev–Trinajstić information content (AvgIpc) is 0.722. The second-order valence-corrected chi connectivity index (χ2v) is 1.54. The van der Waals surface area contributed by atoms with Gasteiger partial charge in [0.2, 0.25) is 0 Å². The van der Waals surface area contributed by atoms with Crippen LogP contribution in [0.3, 0.4) is 0 Å². The second kappa shape index (κ2) is 14.4. The molecule has 0 aliphatic rings. The van der Waals surface area contributed by atoms with Crippen LogP contribution < -0.4 is 0 Å². The summed E-state index contributed by atoms with van der Waals surface area (Å²) in [5, 5.41) is 0. The van der Waals surface area contributed by atoms with E-state index in [1.54, 1.807) is 0 Å². The van der Waals surface area contributed by atoms with Crippen LogP contribution in [-0.2, 0) is 21.6 Å². The van der Waals surface area contributed by atoms with E-state index in [4.69, 9.17) is 19.2 Å². The summed E-state index contributed by atoms with van der Waals surface area (Å²) in [4.78, 5) is 21.6. The van der Waals surface area contributed by atoms with Gasteiger partial charge in [0, 0.05) is 17.1 Å². The van der Waals surface area contributed by atoms with Gasteiger partial charge in [-0.25, -0.2) is 4.57 Å². The SMILES string of the molecule is O=P(O)(O)O.[Fe].[KH].[LiH].[NaH]. The molecule has 0 aromatic carbocycles. The first-order valence-corrected chi connectivity index (χ1v) is 2.35. The molecule has 0 aliphatic carbocycles. The zero-order valence-electron chi connectivity index (χ0n) is 2.55. The summed E-state index contributed by atoms with van der Waals surface area (Å²) in [6.07, 6.45) is 0. The molecule has 0 unspecified atom stereocenters. The topological polar surface area (TPSA) is 77.8 Å². The predicted molar refractivity (Wildman–Crippen MR) is 35.7 cm³/mol. The van der Waals surface area contributed by atoms with Gasteiger partial charge < -0.3 is 14.7 Å². The normalized spacial score (nSPS) is 6.56. The summed E-state index contributed by atoms with van der Waals surface area (Å²) in [6, 6.07) is 0. The Balaban J connectivity index is -0.0000000133. The van der Waals surface area contributed by atoms with Gasteiger partial charge in [0.15, 0.2) is 0 Å². The Bertz CT molecular complexity index is 66.7. The monoisotopic (exact) mass is 226 g/mol. The number of hydrogen-bond donors (Lipinski definition) is 3. The van der Waals surface area contributed by atoms with Crippen molar-refractivity contribution < 1.29 is 36.3 Å². The standard InChI is InChI=1S/Fe.K.Li.Na.H3O4P.3H/c;;;;1-5(2,3)4;;;/h;;;;(H3,1,2,3,4);;;. The van der Waals surface area contributed by atoms with Gasteiger partial charge in [-0.2, -0.15) is 0 Å². The van der Waals surface area contributed by atoms with Crippen molar-refractivity contribution in [1.29, 1.82) is 0 Å². The number of phosphoric acid groups is 1. The van der Waals surface area contributed by atoms with Gasteiger partial charge in [-0.3, -0.25) is 0 Å². The van der Waals surface area contributed by atoms with E-state index in [1.807, 2.05) is 0 Å². The van der Waals surface area contributed by atoms with Gasteiger partial charge in [0.1, 0.15) is 0 Å². The van der Waals surface area contributed by atoms with E-state index in [2.05, 4.69) is 0 Å². The Labute approximate surface area is 141 Å². The molecule has 4 nitrogen and oxygen atoms in total. The number of rotatable bonds is 0. The molecule has 0 rings (SSSR count). The summed E-state index contributed by atoms with van der Waals surface area (Å²) in [7, 11) is -4.64. The quantitative estimate of drug-likeness (QED) is 0.306. The Morgan fingerprint density at radius 1 is 1.11 bits per heavy atom. The van der Waals surface area contributed by atoms with E-state index in [-0.39, 0.29) is 117 Å². The Morgan fingerprint density at radius 2 is 1.11 bits per heavy atom. The molecule has 9 heavy (non-hydrogen) atoms. The molecule has 9 heteroatoms. The molecule has 0 saturated carbocycles. The fourth-order valence-electron chi connectivity index (χ4n) is 0. The van der Waals surface area contributed by atoms with Crippen molar-refractivity contribution in [3.05, 3.63) is 0 Å². The molecule has 0 aliphatic heterocycles. The summed E-state index contributed by atoms with van der Waals surface area (Å²) in [6.45, 7) is 0. The van der Waals surface area contributed by atoms with Gasteiger partial charge in [0.25, 0.3) is 0 Å². The predicted octanol–water partition coefficient (Wildman–Crippen LogP) is -2.88. The van der Waals surface area contributed by atoms with E-state index in [0.29, 0.717) is 0 Å². The summed E-state index contributed by atoms with van der Waals surface area (Å²) in [5.74, 6) is 0. The molecular weight excluding hydrogens is 220 g/mol. The molecule has 0 aromatic rings. The molecule has 0 aromatic heterocycles. The maximum atomic E-state index is 8.88. The van der Waals surface area contributed by atoms with E-state index in [0.717, 1.165) is 0 Å². The first kappa shape index (κ1) is 29.3. The van der Waals surface area contributed by atoms with E-state index in [1.165, 1.54) is 0 Å². The summed E-state index contributed by atoms with van der Waals surface area (Å²) >= 11 is 0.